The van der Waals surface area contributed by atoms with E-state index in [1.165, 1.54) is 24.3 Å². The van der Waals surface area contributed by atoms with Gasteiger partial charge < -0.3 is 14.6 Å². The molecule has 2 aromatic carbocycles. The van der Waals surface area contributed by atoms with Crippen LogP contribution in [-0.2, 0) is 17.9 Å². The summed E-state index contributed by atoms with van der Waals surface area (Å²) in [5.41, 5.74) is 2.45. The molecule has 27 heavy (non-hydrogen) atoms. The van der Waals surface area contributed by atoms with Gasteiger partial charge in [0, 0.05) is 31.9 Å². The molecule has 1 aromatic heterocycles. The van der Waals surface area contributed by atoms with Gasteiger partial charge in [0.25, 0.3) is 0 Å². The standard InChI is InChI=1S/C19H19FN4O3/c1-23(2)16-9-3-13(4-10-16)11-21-17(25)12-24-19(26)27-18(22-24)14-5-7-15(20)8-6-14/h3-10H,11-12H2,1-2H3,(H,21,25). The van der Waals surface area contributed by atoms with Gasteiger partial charge in [-0.05, 0) is 42.0 Å². The number of carbonyl (C=O) groups is 1. The van der Waals surface area contributed by atoms with Crippen LogP contribution in [0.5, 0.6) is 0 Å². The third-order valence-electron chi connectivity index (χ3n) is 3.93. The van der Waals surface area contributed by atoms with E-state index in [-0.39, 0.29) is 18.3 Å². The zero-order valence-electron chi connectivity index (χ0n) is 15.0. The number of benzene rings is 2. The molecule has 0 aliphatic rings. The van der Waals surface area contributed by atoms with Gasteiger partial charge >= 0.3 is 5.76 Å². The molecule has 1 N–H and O–H groups in total. The van der Waals surface area contributed by atoms with Gasteiger partial charge in [0.05, 0.1) is 0 Å². The van der Waals surface area contributed by atoms with Gasteiger partial charge in [0.15, 0.2) is 0 Å². The van der Waals surface area contributed by atoms with Crippen molar-refractivity contribution in [2.75, 3.05) is 19.0 Å². The lowest BCUT2D eigenvalue weighted by Gasteiger charge is -2.12. The summed E-state index contributed by atoms with van der Waals surface area (Å²) in [7, 11) is 3.90. The van der Waals surface area contributed by atoms with Gasteiger partial charge in [-0.3, -0.25) is 4.79 Å². The molecule has 0 atom stereocenters. The van der Waals surface area contributed by atoms with Crippen molar-refractivity contribution in [3.05, 3.63) is 70.5 Å². The van der Waals surface area contributed by atoms with E-state index < -0.39 is 11.6 Å². The minimum Gasteiger partial charge on any atom is -0.388 e. The smallest absolute Gasteiger partial charge is 0.388 e. The molecule has 0 spiro atoms. The number of amides is 1. The molecule has 0 aliphatic carbocycles. The minimum atomic E-state index is -0.750. The Bertz CT molecular complexity index is 975. The van der Waals surface area contributed by atoms with Crippen LogP contribution in [0.3, 0.4) is 0 Å². The Morgan fingerprint density at radius 2 is 1.81 bits per heavy atom. The van der Waals surface area contributed by atoms with E-state index in [1.807, 2.05) is 43.3 Å². The molecule has 0 fully saturated rings. The summed E-state index contributed by atoms with van der Waals surface area (Å²) in [6, 6.07) is 13.1. The molecule has 1 heterocycles. The van der Waals surface area contributed by atoms with Crippen LogP contribution in [0.2, 0.25) is 0 Å². The average Bonchev–Trinajstić information content (AvgIpc) is 3.01. The number of carbonyl (C=O) groups excluding carboxylic acids is 1. The Kier molecular flexibility index (Phi) is 5.35. The summed E-state index contributed by atoms with van der Waals surface area (Å²) in [6.07, 6.45) is 0. The minimum absolute atomic E-state index is 0.0343. The average molecular weight is 370 g/mol. The van der Waals surface area contributed by atoms with Crippen LogP contribution in [0.4, 0.5) is 10.1 Å². The summed E-state index contributed by atoms with van der Waals surface area (Å²) in [5.74, 6) is -1.49. The molecular weight excluding hydrogens is 351 g/mol. The third-order valence-corrected chi connectivity index (χ3v) is 3.93. The Balaban J connectivity index is 1.61. The molecule has 0 bridgehead atoms. The van der Waals surface area contributed by atoms with Crippen LogP contribution in [-0.4, -0.2) is 29.8 Å². The van der Waals surface area contributed by atoms with Crippen LogP contribution in [0.15, 0.2) is 57.7 Å². The van der Waals surface area contributed by atoms with Crippen LogP contribution in [0.1, 0.15) is 5.56 Å². The highest BCUT2D eigenvalue weighted by Crippen LogP contribution is 2.15. The summed E-state index contributed by atoms with van der Waals surface area (Å²) >= 11 is 0. The first kappa shape index (κ1) is 18.4. The second-order valence-corrected chi connectivity index (χ2v) is 6.18. The molecule has 3 aromatic rings. The van der Waals surface area contributed by atoms with Crippen molar-refractivity contribution < 1.29 is 13.6 Å². The van der Waals surface area contributed by atoms with Crippen molar-refractivity contribution in [2.24, 2.45) is 0 Å². The molecule has 0 unspecified atom stereocenters. The quantitative estimate of drug-likeness (QED) is 0.718. The maximum absolute atomic E-state index is 13.0. The van der Waals surface area contributed by atoms with Crippen molar-refractivity contribution in [1.29, 1.82) is 0 Å². The van der Waals surface area contributed by atoms with E-state index in [2.05, 4.69) is 10.4 Å². The van der Waals surface area contributed by atoms with E-state index in [0.29, 0.717) is 12.1 Å². The Labute approximate surface area is 155 Å². The van der Waals surface area contributed by atoms with Gasteiger partial charge in [0.1, 0.15) is 12.4 Å². The first-order chi connectivity index (χ1) is 12.9. The molecule has 0 aliphatic heterocycles. The first-order valence-electron chi connectivity index (χ1n) is 8.29. The summed E-state index contributed by atoms with van der Waals surface area (Å²) in [6.45, 7) is 0.0727. The Hall–Kier alpha value is -3.42. The molecule has 0 radical (unpaired) electrons. The summed E-state index contributed by atoms with van der Waals surface area (Å²) in [5, 5.41) is 6.72. The fourth-order valence-electron chi connectivity index (χ4n) is 2.42. The zero-order chi connectivity index (χ0) is 19.4. The van der Waals surface area contributed by atoms with Crippen LogP contribution >= 0.6 is 0 Å². The zero-order valence-corrected chi connectivity index (χ0v) is 15.0. The predicted molar refractivity (Wildman–Crippen MR) is 98.8 cm³/mol. The maximum Gasteiger partial charge on any atom is 0.437 e. The molecule has 140 valence electrons. The lowest BCUT2D eigenvalue weighted by Crippen LogP contribution is -2.31. The lowest BCUT2D eigenvalue weighted by molar-refractivity contribution is -0.122. The summed E-state index contributed by atoms with van der Waals surface area (Å²) in [4.78, 5) is 25.9. The molecule has 8 heteroatoms. The van der Waals surface area contributed by atoms with Gasteiger partial charge in [0.2, 0.25) is 11.8 Å². The second kappa shape index (κ2) is 7.86. The SMILES string of the molecule is CN(C)c1ccc(CNC(=O)Cn2nc(-c3ccc(F)cc3)oc2=O)cc1. The Morgan fingerprint density at radius 3 is 2.44 bits per heavy atom. The number of nitrogens with one attached hydrogen (secondary N) is 1. The van der Waals surface area contributed by atoms with E-state index in [1.54, 1.807) is 0 Å². The monoisotopic (exact) mass is 370 g/mol. The highest BCUT2D eigenvalue weighted by Gasteiger charge is 2.13. The van der Waals surface area contributed by atoms with E-state index in [4.69, 9.17) is 4.42 Å². The number of hydrogen-bond donors (Lipinski definition) is 1. The predicted octanol–water partition coefficient (Wildman–Crippen LogP) is 2.02. The Morgan fingerprint density at radius 1 is 1.15 bits per heavy atom. The summed E-state index contributed by atoms with van der Waals surface area (Å²) < 4.78 is 18.9. The molecular formula is C19H19FN4O3. The fourth-order valence-corrected chi connectivity index (χ4v) is 2.42. The largest absolute Gasteiger partial charge is 0.437 e. The normalized spacial score (nSPS) is 10.6. The second-order valence-electron chi connectivity index (χ2n) is 6.18. The van der Waals surface area contributed by atoms with Crippen LogP contribution in [0.25, 0.3) is 11.5 Å². The van der Waals surface area contributed by atoms with E-state index >= 15 is 0 Å². The molecule has 0 saturated heterocycles. The van der Waals surface area contributed by atoms with Crippen LogP contribution < -0.4 is 16.0 Å². The van der Waals surface area contributed by atoms with Crippen molar-refractivity contribution >= 4 is 11.6 Å². The highest BCUT2D eigenvalue weighted by atomic mass is 19.1. The highest BCUT2D eigenvalue weighted by molar-refractivity contribution is 5.75. The number of anilines is 1. The first-order valence-corrected chi connectivity index (χ1v) is 8.29. The number of rotatable bonds is 6. The van der Waals surface area contributed by atoms with Gasteiger partial charge in [-0.15, -0.1) is 5.10 Å². The van der Waals surface area contributed by atoms with Gasteiger partial charge in [-0.1, -0.05) is 12.1 Å². The number of nitrogens with zero attached hydrogens (tertiary/aromatic N) is 3. The molecule has 1 amide bonds. The number of halogens is 1. The third kappa shape index (κ3) is 4.60. The van der Waals surface area contributed by atoms with E-state index in [9.17, 15) is 14.0 Å². The molecule has 0 saturated carbocycles. The van der Waals surface area contributed by atoms with E-state index in [0.717, 1.165) is 15.9 Å². The topological polar surface area (TPSA) is 80.4 Å². The van der Waals surface area contributed by atoms with Crippen molar-refractivity contribution in [1.82, 2.24) is 15.1 Å². The lowest BCUT2D eigenvalue weighted by atomic mass is 10.2. The molecule has 3 rings (SSSR count). The maximum atomic E-state index is 13.0. The fraction of sp³-hybridized carbons (Fsp3) is 0.211. The van der Waals surface area contributed by atoms with Crippen molar-refractivity contribution in [3.63, 3.8) is 0 Å². The number of aromatic nitrogens is 2. The van der Waals surface area contributed by atoms with Crippen molar-refractivity contribution in [3.8, 4) is 11.5 Å². The molecule has 7 nitrogen and oxygen atoms in total. The van der Waals surface area contributed by atoms with Gasteiger partial charge in [-0.25, -0.2) is 9.18 Å². The van der Waals surface area contributed by atoms with Crippen molar-refractivity contribution in [2.45, 2.75) is 13.1 Å². The van der Waals surface area contributed by atoms with Crippen LogP contribution in [0, 0.1) is 5.82 Å². The van der Waals surface area contributed by atoms with Gasteiger partial charge in [-0.2, -0.15) is 4.68 Å². The number of hydrogen-bond acceptors (Lipinski definition) is 5.